The molecule has 0 spiro atoms. The first kappa shape index (κ1) is 8.56. The highest BCUT2D eigenvalue weighted by Gasteiger charge is 2.30. The molecule has 4 nitrogen and oxygen atoms in total. The van der Waals surface area contributed by atoms with E-state index in [1.165, 1.54) is 0 Å². The summed E-state index contributed by atoms with van der Waals surface area (Å²) in [5, 5.41) is 0. The third kappa shape index (κ3) is 1.75. The molecule has 0 aromatic rings. The largest absolute Gasteiger partial charge is 0.286 e. The molecule has 0 unspecified atom stereocenters. The van der Waals surface area contributed by atoms with Crippen LogP contribution in [-0.2, 0) is 0 Å². The molecule has 4 N–H and O–H groups in total. The molecule has 0 aromatic carbocycles. The molecule has 0 amide bonds. The van der Waals surface area contributed by atoms with E-state index in [-0.39, 0.29) is 0 Å². The smallest absolute Gasteiger partial charge is 0.133 e. The number of hydrogen-bond donors (Lipinski definition) is 4. The monoisotopic (exact) mass is 148 g/mol. The first-order valence-electron chi connectivity index (χ1n) is 1.76. The van der Waals surface area contributed by atoms with Gasteiger partial charge in [0, 0.05) is 0 Å². The maximum Gasteiger partial charge on any atom is 0.286 e. The Morgan fingerprint density at radius 3 is 0.889 bits per heavy atom. The Bertz CT molecular complexity index is 55.5. The van der Waals surface area contributed by atoms with E-state index in [0.717, 1.165) is 0 Å². The van der Waals surface area contributed by atoms with Crippen molar-refractivity contribution in [2.24, 2.45) is 0 Å². The van der Waals surface area contributed by atoms with Crippen LogP contribution in [0, 0.1) is 0 Å². The maximum atomic E-state index is 11.2. The van der Waals surface area contributed by atoms with E-state index in [0.29, 0.717) is 22.2 Å². The van der Waals surface area contributed by atoms with E-state index >= 15 is 0 Å². The predicted molar refractivity (Wildman–Crippen MR) is 19.7 cm³/mol. The fourth-order valence-electron chi connectivity index (χ4n) is 0.107. The summed E-state index contributed by atoms with van der Waals surface area (Å²) in [6, 6.07) is 0. The van der Waals surface area contributed by atoms with Crippen LogP contribution in [0.1, 0.15) is 0 Å². The molecule has 0 fully saturated rings. The SMILES string of the molecule is FNC(NF)(NF)NF. The fraction of sp³-hybridized carbons (Fsp3) is 1.00. The molecule has 56 valence electrons. The molecule has 0 saturated carbocycles. The molecule has 0 bridgehead atoms. The van der Waals surface area contributed by atoms with Crippen LogP contribution in [0.5, 0.6) is 0 Å². The molecular formula is CH4F4N4. The van der Waals surface area contributed by atoms with Crippen molar-refractivity contribution in [1.82, 2.24) is 22.2 Å². The average Bonchev–Trinajstić information content (AvgIpc) is 1.95. The van der Waals surface area contributed by atoms with Crippen molar-refractivity contribution >= 4 is 0 Å². The van der Waals surface area contributed by atoms with Gasteiger partial charge in [0.2, 0.25) is 0 Å². The minimum Gasteiger partial charge on any atom is -0.133 e. The third-order valence-corrected chi connectivity index (χ3v) is 0.567. The van der Waals surface area contributed by atoms with Crippen LogP contribution in [0.3, 0.4) is 0 Å². The van der Waals surface area contributed by atoms with E-state index in [1.807, 2.05) is 0 Å². The molecule has 9 heavy (non-hydrogen) atoms. The van der Waals surface area contributed by atoms with Gasteiger partial charge in [-0.15, -0.1) is 40.1 Å². The summed E-state index contributed by atoms with van der Waals surface area (Å²) in [6.07, 6.45) is 0. The van der Waals surface area contributed by atoms with Crippen LogP contribution in [0.2, 0.25) is 0 Å². The molecule has 0 heterocycles. The second-order valence-electron chi connectivity index (χ2n) is 1.13. The van der Waals surface area contributed by atoms with Gasteiger partial charge in [-0.05, 0) is 0 Å². The highest BCUT2D eigenvalue weighted by atomic mass is 19.2. The van der Waals surface area contributed by atoms with Crippen LogP contribution in [0.15, 0.2) is 0 Å². The molecule has 0 aliphatic rings. The minimum atomic E-state index is -3.00. The summed E-state index contributed by atoms with van der Waals surface area (Å²) in [4.78, 5) is 0. The van der Waals surface area contributed by atoms with Crippen molar-refractivity contribution in [1.29, 1.82) is 0 Å². The lowest BCUT2D eigenvalue weighted by atomic mass is 10.7. The number of rotatable bonds is 4. The van der Waals surface area contributed by atoms with Crippen molar-refractivity contribution in [2.45, 2.75) is 5.91 Å². The van der Waals surface area contributed by atoms with Gasteiger partial charge in [0.15, 0.2) is 0 Å². The second-order valence-corrected chi connectivity index (χ2v) is 1.13. The lowest BCUT2D eigenvalue weighted by Gasteiger charge is -2.20. The van der Waals surface area contributed by atoms with Gasteiger partial charge in [0.25, 0.3) is 5.91 Å². The van der Waals surface area contributed by atoms with Gasteiger partial charge in [0.1, 0.15) is 0 Å². The van der Waals surface area contributed by atoms with Crippen LogP contribution < -0.4 is 22.2 Å². The van der Waals surface area contributed by atoms with Crippen LogP contribution in [-0.4, -0.2) is 5.91 Å². The standard InChI is InChI=1S/CH4F4N4/c2-6-1(7-3,8-4)9-5/h6-9H. The Kier molecular flexibility index (Phi) is 3.39. The summed E-state index contributed by atoms with van der Waals surface area (Å²) < 4.78 is 44.6. The minimum absolute atomic E-state index is 0.406. The van der Waals surface area contributed by atoms with E-state index in [4.69, 9.17) is 0 Å². The highest BCUT2D eigenvalue weighted by Crippen LogP contribution is 1.89. The molecule has 0 atom stereocenters. The molecule has 8 heteroatoms. The molecule has 0 radical (unpaired) electrons. The molecule has 0 aliphatic heterocycles. The molecule has 0 aromatic heterocycles. The molecular weight excluding hydrogens is 144 g/mol. The quantitative estimate of drug-likeness (QED) is 0.246. The highest BCUT2D eigenvalue weighted by molar-refractivity contribution is 4.60. The van der Waals surface area contributed by atoms with Gasteiger partial charge in [-0.25, -0.2) is 0 Å². The lowest BCUT2D eigenvalue weighted by Crippen LogP contribution is -2.66. The Balaban J connectivity index is 3.82. The fourth-order valence-corrected chi connectivity index (χ4v) is 0.107. The molecule has 0 aliphatic carbocycles. The third-order valence-electron chi connectivity index (χ3n) is 0.567. The van der Waals surface area contributed by atoms with Gasteiger partial charge >= 0.3 is 0 Å². The second kappa shape index (κ2) is 3.56. The van der Waals surface area contributed by atoms with Gasteiger partial charge in [-0.2, -0.15) is 0 Å². The summed E-state index contributed by atoms with van der Waals surface area (Å²) in [6.45, 7) is 0. The predicted octanol–water partition coefficient (Wildman–Crippen LogP) is -0.506. The van der Waals surface area contributed by atoms with E-state index in [2.05, 4.69) is 0 Å². The Morgan fingerprint density at radius 1 is 0.667 bits per heavy atom. The Labute approximate surface area is 47.3 Å². The summed E-state index contributed by atoms with van der Waals surface area (Å²) >= 11 is 0. The van der Waals surface area contributed by atoms with Crippen LogP contribution in [0.25, 0.3) is 0 Å². The van der Waals surface area contributed by atoms with Crippen molar-refractivity contribution < 1.29 is 17.9 Å². The van der Waals surface area contributed by atoms with Gasteiger partial charge in [-0.3, -0.25) is 0 Å². The zero-order valence-corrected chi connectivity index (χ0v) is 4.01. The van der Waals surface area contributed by atoms with Crippen molar-refractivity contribution in [3.8, 4) is 0 Å². The number of hydrogen-bond acceptors (Lipinski definition) is 4. The number of halogens is 4. The summed E-state index contributed by atoms with van der Waals surface area (Å²) in [5.74, 6) is -3.00. The van der Waals surface area contributed by atoms with E-state index in [9.17, 15) is 17.9 Å². The first-order valence-corrected chi connectivity index (χ1v) is 1.76. The van der Waals surface area contributed by atoms with Crippen molar-refractivity contribution in [3.63, 3.8) is 0 Å². The maximum absolute atomic E-state index is 11.2. The van der Waals surface area contributed by atoms with Crippen LogP contribution in [0.4, 0.5) is 17.9 Å². The molecule has 0 saturated heterocycles. The Hall–Kier alpha value is -0.440. The Morgan fingerprint density at radius 2 is 0.889 bits per heavy atom. The topological polar surface area (TPSA) is 48.1 Å². The van der Waals surface area contributed by atoms with Crippen molar-refractivity contribution in [3.05, 3.63) is 0 Å². The molecule has 0 rings (SSSR count). The van der Waals surface area contributed by atoms with Gasteiger partial charge in [0.05, 0.1) is 0 Å². The van der Waals surface area contributed by atoms with Crippen molar-refractivity contribution in [2.75, 3.05) is 0 Å². The summed E-state index contributed by atoms with van der Waals surface area (Å²) in [7, 11) is 0. The van der Waals surface area contributed by atoms with Crippen LogP contribution >= 0.6 is 0 Å². The zero-order valence-electron chi connectivity index (χ0n) is 4.01. The number of nitrogens with one attached hydrogen (secondary N) is 4. The van der Waals surface area contributed by atoms with E-state index in [1.54, 1.807) is 0 Å². The first-order chi connectivity index (χ1) is 4.24. The van der Waals surface area contributed by atoms with Gasteiger partial charge in [-0.1, -0.05) is 0 Å². The normalized spacial score (nSPS) is 12.0. The average molecular weight is 148 g/mol. The van der Waals surface area contributed by atoms with E-state index < -0.39 is 5.91 Å². The zero-order chi connectivity index (χ0) is 7.33. The lowest BCUT2D eigenvalue weighted by molar-refractivity contribution is -0.0842. The van der Waals surface area contributed by atoms with Gasteiger partial charge < -0.3 is 0 Å². The summed E-state index contributed by atoms with van der Waals surface area (Å²) in [5.41, 5.74) is 1.62.